The van der Waals surface area contributed by atoms with Crippen molar-refractivity contribution in [2.45, 2.75) is 57.5 Å². The van der Waals surface area contributed by atoms with Gasteiger partial charge >= 0.3 is 12.2 Å². The average Bonchev–Trinajstić information content (AvgIpc) is 2.80. The summed E-state index contributed by atoms with van der Waals surface area (Å²) in [5.74, 6) is 0. The van der Waals surface area contributed by atoms with E-state index in [0.29, 0.717) is 6.61 Å². The first-order valence-electron chi connectivity index (χ1n) is 8.11. The summed E-state index contributed by atoms with van der Waals surface area (Å²) in [5, 5.41) is 9.05. The monoisotopic (exact) mass is 346 g/mol. The van der Waals surface area contributed by atoms with Crippen LogP contribution in [0.3, 0.4) is 0 Å². The van der Waals surface area contributed by atoms with Gasteiger partial charge < -0.3 is 15.4 Å². The highest BCUT2D eigenvalue weighted by atomic mass is 19.4. The van der Waals surface area contributed by atoms with E-state index in [1.807, 2.05) is 6.92 Å². The Bertz CT molecular complexity index is 598. The summed E-state index contributed by atoms with van der Waals surface area (Å²) in [6.45, 7) is 1.43. The second-order valence-corrected chi connectivity index (χ2v) is 6.46. The highest BCUT2D eigenvalue weighted by Gasteiger charge is 2.59. The second-order valence-electron chi connectivity index (χ2n) is 6.46. The molecule has 1 spiro atoms. The first-order valence-corrected chi connectivity index (χ1v) is 8.11. The number of ether oxygens (including phenoxy) is 1. The molecule has 2 atom stereocenters. The highest BCUT2D eigenvalue weighted by molar-refractivity contribution is 5.89. The first-order chi connectivity index (χ1) is 11.3. The van der Waals surface area contributed by atoms with Crippen molar-refractivity contribution in [3.63, 3.8) is 0 Å². The molecular formula is C15H21F3N4O2. The number of amides is 2. The molecule has 0 aromatic carbocycles. The Hall–Kier alpha value is -1.77. The molecule has 0 saturated heterocycles. The number of nitrogens with one attached hydrogen (secondary N) is 2. The Morgan fingerprint density at radius 1 is 1.50 bits per heavy atom. The number of hydrogen-bond donors (Lipinski definition) is 2. The van der Waals surface area contributed by atoms with Crippen molar-refractivity contribution in [2.24, 2.45) is 5.41 Å². The molecule has 2 aliphatic carbocycles. The zero-order valence-corrected chi connectivity index (χ0v) is 13.4. The molecule has 24 heavy (non-hydrogen) atoms. The lowest BCUT2D eigenvalue weighted by Crippen LogP contribution is -2.68. The Balaban J connectivity index is 1.51. The van der Waals surface area contributed by atoms with Crippen LogP contribution in [0.25, 0.3) is 0 Å². The van der Waals surface area contributed by atoms with Crippen molar-refractivity contribution >= 4 is 11.7 Å². The van der Waals surface area contributed by atoms with Gasteiger partial charge in [0.2, 0.25) is 0 Å². The number of aromatic nitrogens is 2. The fourth-order valence-corrected chi connectivity index (χ4v) is 3.66. The van der Waals surface area contributed by atoms with Crippen molar-refractivity contribution < 1.29 is 22.7 Å². The van der Waals surface area contributed by atoms with Gasteiger partial charge in [-0.1, -0.05) is 6.42 Å². The molecular weight excluding hydrogens is 325 g/mol. The number of carbonyl (C=O) groups excluding carboxylic acids is 1. The molecule has 134 valence electrons. The van der Waals surface area contributed by atoms with Crippen LogP contribution in [-0.4, -0.2) is 40.7 Å². The van der Waals surface area contributed by atoms with Crippen molar-refractivity contribution in [2.75, 3.05) is 11.9 Å². The van der Waals surface area contributed by atoms with Gasteiger partial charge in [-0.15, -0.1) is 0 Å². The number of rotatable bonds is 5. The standard InChI is InChI=1S/C15H21F3N4O2/c1-2-24-12-6-11(14(12)4-3-5-14)21-13(23)20-10-7-19-22(8-10)9-15(16,17)18/h7-8,11-12H,2-6,9H2,1H3,(H2,20,21,23)/t11-,12+/m1/s1. The van der Waals surface area contributed by atoms with E-state index in [1.165, 1.54) is 6.20 Å². The largest absolute Gasteiger partial charge is 0.408 e. The molecule has 0 aliphatic heterocycles. The predicted octanol–water partition coefficient (Wildman–Crippen LogP) is 2.91. The Kier molecular flexibility index (Phi) is 4.46. The molecule has 6 nitrogen and oxygen atoms in total. The maximum absolute atomic E-state index is 12.3. The molecule has 1 heterocycles. The van der Waals surface area contributed by atoms with Crippen LogP contribution in [0.1, 0.15) is 32.6 Å². The third-order valence-corrected chi connectivity index (χ3v) is 4.98. The third-order valence-electron chi connectivity index (χ3n) is 4.98. The number of anilines is 1. The molecule has 0 unspecified atom stereocenters. The lowest BCUT2D eigenvalue weighted by atomic mass is 9.51. The third kappa shape index (κ3) is 3.35. The predicted molar refractivity (Wildman–Crippen MR) is 80.5 cm³/mol. The average molecular weight is 346 g/mol. The fraction of sp³-hybridized carbons (Fsp3) is 0.733. The maximum Gasteiger partial charge on any atom is 0.408 e. The lowest BCUT2D eigenvalue weighted by molar-refractivity contribution is -0.169. The first kappa shape index (κ1) is 17.1. The van der Waals surface area contributed by atoms with E-state index < -0.39 is 18.8 Å². The molecule has 2 saturated carbocycles. The molecule has 9 heteroatoms. The van der Waals surface area contributed by atoms with Crippen LogP contribution >= 0.6 is 0 Å². The molecule has 2 amide bonds. The Morgan fingerprint density at radius 2 is 2.25 bits per heavy atom. The maximum atomic E-state index is 12.3. The molecule has 0 radical (unpaired) electrons. The van der Waals surface area contributed by atoms with Gasteiger partial charge in [-0.2, -0.15) is 18.3 Å². The van der Waals surface area contributed by atoms with Gasteiger partial charge in [0.1, 0.15) is 6.54 Å². The van der Waals surface area contributed by atoms with Crippen LogP contribution in [0, 0.1) is 5.41 Å². The van der Waals surface area contributed by atoms with Crippen molar-refractivity contribution in [1.82, 2.24) is 15.1 Å². The van der Waals surface area contributed by atoms with Crippen LogP contribution in [0.15, 0.2) is 12.4 Å². The number of halogens is 3. The van der Waals surface area contributed by atoms with Crippen LogP contribution in [0.5, 0.6) is 0 Å². The minimum absolute atomic E-state index is 0.0355. The van der Waals surface area contributed by atoms with E-state index in [2.05, 4.69) is 15.7 Å². The summed E-state index contributed by atoms with van der Waals surface area (Å²) in [5.41, 5.74) is 0.272. The van der Waals surface area contributed by atoms with Crippen LogP contribution in [0.4, 0.5) is 23.7 Å². The Morgan fingerprint density at radius 3 is 2.83 bits per heavy atom. The molecule has 3 rings (SSSR count). The van der Waals surface area contributed by atoms with Gasteiger partial charge in [0, 0.05) is 24.3 Å². The minimum atomic E-state index is -4.34. The van der Waals surface area contributed by atoms with Gasteiger partial charge in [0.05, 0.1) is 18.0 Å². The van der Waals surface area contributed by atoms with Crippen LogP contribution < -0.4 is 10.6 Å². The zero-order chi connectivity index (χ0) is 17.4. The summed E-state index contributed by atoms with van der Waals surface area (Å²) < 4.78 is 43.4. The summed E-state index contributed by atoms with van der Waals surface area (Å²) in [6.07, 6.45) is 2.18. The van der Waals surface area contributed by atoms with E-state index in [9.17, 15) is 18.0 Å². The number of nitrogens with zero attached hydrogens (tertiary/aromatic N) is 2. The number of carbonyl (C=O) groups is 1. The van der Waals surface area contributed by atoms with Crippen molar-refractivity contribution in [3.8, 4) is 0 Å². The van der Waals surface area contributed by atoms with Gasteiger partial charge in [-0.05, 0) is 26.2 Å². The Labute approximate surface area is 137 Å². The normalized spacial score (nSPS) is 25.0. The lowest BCUT2D eigenvalue weighted by Gasteiger charge is -2.60. The zero-order valence-electron chi connectivity index (χ0n) is 13.4. The van der Waals surface area contributed by atoms with E-state index in [4.69, 9.17) is 4.74 Å². The van der Waals surface area contributed by atoms with Crippen LogP contribution in [-0.2, 0) is 11.3 Å². The van der Waals surface area contributed by atoms with E-state index >= 15 is 0 Å². The summed E-state index contributed by atoms with van der Waals surface area (Å²) in [7, 11) is 0. The number of alkyl halides is 3. The van der Waals surface area contributed by atoms with E-state index in [-0.39, 0.29) is 23.2 Å². The van der Waals surface area contributed by atoms with Gasteiger partial charge in [-0.25, -0.2) is 4.79 Å². The van der Waals surface area contributed by atoms with E-state index in [0.717, 1.165) is 36.6 Å². The second kappa shape index (κ2) is 6.27. The summed E-state index contributed by atoms with van der Waals surface area (Å²) >= 11 is 0. The topological polar surface area (TPSA) is 68.2 Å². The molecule has 2 N–H and O–H groups in total. The van der Waals surface area contributed by atoms with Crippen molar-refractivity contribution in [1.29, 1.82) is 0 Å². The number of hydrogen-bond acceptors (Lipinski definition) is 3. The van der Waals surface area contributed by atoms with E-state index in [1.54, 1.807) is 0 Å². The van der Waals surface area contributed by atoms with Gasteiger partial charge in [0.25, 0.3) is 0 Å². The van der Waals surface area contributed by atoms with Crippen molar-refractivity contribution in [3.05, 3.63) is 12.4 Å². The summed E-state index contributed by atoms with van der Waals surface area (Å²) in [6, 6.07) is -0.374. The number of urea groups is 1. The van der Waals surface area contributed by atoms with Gasteiger partial charge in [-0.3, -0.25) is 4.68 Å². The fourth-order valence-electron chi connectivity index (χ4n) is 3.66. The molecule has 1 aromatic heterocycles. The molecule has 2 fully saturated rings. The minimum Gasteiger partial charge on any atom is -0.378 e. The quantitative estimate of drug-likeness (QED) is 0.861. The SMILES string of the molecule is CCO[C@H]1C[C@@H](NC(=O)Nc2cnn(CC(F)(F)F)c2)C12CCC2. The van der Waals surface area contributed by atoms with Gasteiger partial charge in [0.15, 0.2) is 0 Å². The molecule has 1 aromatic rings. The van der Waals surface area contributed by atoms with Crippen LogP contribution in [0.2, 0.25) is 0 Å². The highest BCUT2D eigenvalue weighted by Crippen LogP contribution is 2.57. The molecule has 0 bridgehead atoms. The summed E-state index contributed by atoms with van der Waals surface area (Å²) in [4.78, 5) is 12.1. The smallest absolute Gasteiger partial charge is 0.378 e. The molecule has 2 aliphatic rings.